The second-order valence-corrected chi connectivity index (χ2v) is 7.73. The van der Waals surface area contributed by atoms with Gasteiger partial charge in [0.25, 0.3) is 0 Å². The highest BCUT2D eigenvalue weighted by Gasteiger charge is 2.40. The first-order chi connectivity index (χ1) is 16.0. The van der Waals surface area contributed by atoms with Crippen molar-refractivity contribution in [2.45, 2.75) is 12.8 Å². The lowest BCUT2D eigenvalue weighted by atomic mass is 9.95. The summed E-state index contributed by atoms with van der Waals surface area (Å²) in [5.41, 5.74) is 2.32. The molecule has 1 atom stereocenters. The van der Waals surface area contributed by atoms with E-state index in [1.54, 1.807) is 36.4 Å². The zero-order valence-electron chi connectivity index (χ0n) is 17.9. The second kappa shape index (κ2) is 9.62. The third kappa shape index (κ3) is 4.75. The largest absolute Gasteiger partial charge is 0.497 e. The predicted molar refractivity (Wildman–Crippen MR) is 123 cm³/mol. The number of nitrogens with one attached hydrogen (secondary N) is 2. The Morgan fingerprint density at radius 2 is 1.79 bits per heavy atom. The van der Waals surface area contributed by atoms with E-state index < -0.39 is 17.6 Å². The zero-order valence-corrected chi connectivity index (χ0v) is 18.7. The van der Waals surface area contributed by atoms with E-state index in [0.29, 0.717) is 27.7 Å². The van der Waals surface area contributed by atoms with Gasteiger partial charge in [0.05, 0.1) is 17.8 Å². The first-order valence-corrected chi connectivity index (χ1v) is 10.5. The summed E-state index contributed by atoms with van der Waals surface area (Å²) in [6.07, 6.45) is 0. The maximum Gasteiger partial charge on any atom is 0.326 e. The second-order valence-electron chi connectivity index (χ2n) is 7.33. The minimum atomic E-state index is -1.30. The molecule has 0 aliphatic heterocycles. The molecule has 0 fully saturated rings. The molecule has 1 heterocycles. The maximum atomic E-state index is 13.6. The standard InChI is InChI=1S/C24H20ClN5O3/c1-15-8-13-19(25)20(14-15)26-24(32)21(22(31)16-9-11-18(33-2)12-10-16)23-27-28-29-30(23)17-6-4-3-5-7-17/h3-14,21H,1-2H3,(H,26,32)/p+1. The number of carbonyl (C=O) groups is 2. The Morgan fingerprint density at radius 1 is 1.06 bits per heavy atom. The van der Waals surface area contributed by atoms with Crippen molar-refractivity contribution in [3.05, 3.63) is 94.8 Å². The number of halogens is 1. The number of nitrogens with zero attached hydrogens (tertiary/aromatic N) is 3. The summed E-state index contributed by atoms with van der Waals surface area (Å²) in [7, 11) is 1.54. The number of H-pyrrole nitrogens is 1. The Hall–Kier alpha value is -4.04. The smallest absolute Gasteiger partial charge is 0.326 e. The van der Waals surface area contributed by atoms with E-state index in [2.05, 4.69) is 20.8 Å². The molecule has 0 spiro atoms. The fraction of sp³-hybridized carbons (Fsp3) is 0.125. The van der Waals surface area contributed by atoms with E-state index in [9.17, 15) is 9.59 Å². The molecule has 1 unspecified atom stereocenters. The Balaban J connectivity index is 1.77. The van der Waals surface area contributed by atoms with Crippen molar-refractivity contribution in [2.75, 3.05) is 12.4 Å². The minimum Gasteiger partial charge on any atom is -0.497 e. The van der Waals surface area contributed by atoms with Gasteiger partial charge in [-0.05, 0) is 61.0 Å². The van der Waals surface area contributed by atoms with Crippen LogP contribution < -0.4 is 14.7 Å². The summed E-state index contributed by atoms with van der Waals surface area (Å²) in [5.74, 6) is -1.59. The highest BCUT2D eigenvalue weighted by atomic mass is 35.5. The van der Waals surface area contributed by atoms with Crippen LogP contribution >= 0.6 is 11.6 Å². The SMILES string of the molecule is COc1ccc(C(=O)C(C(=O)Nc2cc(C)ccc2Cl)c2nn[nH][n+]2-c2ccccc2)cc1. The van der Waals surface area contributed by atoms with Crippen molar-refractivity contribution in [1.29, 1.82) is 0 Å². The number of para-hydroxylation sites is 1. The third-order valence-electron chi connectivity index (χ3n) is 5.08. The van der Waals surface area contributed by atoms with E-state index in [1.807, 2.05) is 43.3 Å². The van der Waals surface area contributed by atoms with Crippen molar-refractivity contribution < 1.29 is 19.0 Å². The van der Waals surface area contributed by atoms with Crippen LogP contribution in [0, 0.1) is 6.92 Å². The van der Waals surface area contributed by atoms with Crippen LogP contribution in [-0.4, -0.2) is 34.3 Å². The number of carbonyl (C=O) groups excluding carboxylic acids is 2. The molecule has 0 saturated carbocycles. The Bertz CT molecular complexity index is 1290. The van der Waals surface area contributed by atoms with Crippen LogP contribution in [0.25, 0.3) is 5.69 Å². The average Bonchev–Trinajstić information content (AvgIpc) is 3.31. The van der Waals surface area contributed by atoms with Gasteiger partial charge in [0.15, 0.2) is 16.9 Å². The average molecular weight is 463 g/mol. The molecule has 1 amide bonds. The number of benzene rings is 3. The number of Topliss-reactive ketones (excluding diaryl/α,β-unsaturated/α-hetero) is 1. The van der Waals surface area contributed by atoms with Crippen LogP contribution in [0.1, 0.15) is 27.7 Å². The monoisotopic (exact) mass is 462 g/mol. The lowest BCUT2D eigenvalue weighted by Crippen LogP contribution is -2.43. The van der Waals surface area contributed by atoms with Crippen LogP contribution in [0.4, 0.5) is 5.69 Å². The molecule has 0 radical (unpaired) electrons. The van der Waals surface area contributed by atoms with Gasteiger partial charge < -0.3 is 10.1 Å². The van der Waals surface area contributed by atoms with E-state index in [-0.39, 0.29) is 5.82 Å². The number of hydrogen-bond acceptors (Lipinski definition) is 5. The predicted octanol–water partition coefficient (Wildman–Crippen LogP) is 3.66. The van der Waals surface area contributed by atoms with Gasteiger partial charge in [-0.2, -0.15) is 0 Å². The van der Waals surface area contributed by atoms with Gasteiger partial charge in [-0.1, -0.05) is 41.1 Å². The van der Waals surface area contributed by atoms with Gasteiger partial charge in [-0.15, -0.1) is 4.68 Å². The summed E-state index contributed by atoms with van der Waals surface area (Å²) >= 11 is 6.27. The molecule has 0 aliphatic rings. The first-order valence-electron chi connectivity index (χ1n) is 10.1. The van der Waals surface area contributed by atoms with Crippen LogP contribution in [0.5, 0.6) is 5.75 Å². The van der Waals surface area contributed by atoms with Crippen molar-refractivity contribution >= 4 is 29.0 Å². The molecular weight excluding hydrogens is 442 g/mol. The molecule has 0 aliphatic carbocycles. The minimum absolute atomic E-state index is 0.142. The summed E-state index contributed by atoms with van der Waals surface area (Å²) in [6, 6.07) is 20.9. The molecule has 0 bridgehead atoms. The third-order valence-corrected chi connectivity index (χ3v) is 5.41. The number of anilines is 1. The number of ketones is 1. The lowest BCUT2D eigenvalue weighted by Gasteiger charge is -2.14. The number of tetrazole rings is 1. The highest BCUT2D eigenvalue weighted by Crippen LogP contribution is 2.26. The fourth-order valence-electron chi connectivity index (χ4n) is 3.38. The number of aromatic nitrogens is 4. The number of ether oxygens (including phenoxy) is 1. The van der Waals surface area contributed by atoms with Crippen molar-refractivity contribution in [3.8, 4) is 11.4 Å². The van der Waals surface area contributed by atoms with Gasteiger partial charge in [-0.3, -0.25) is 9.59 Å². The summed E-state index contributed by atoms with van der Waals surface area (Å²) in [6.45, 7) is 1.88. The molecule has 1 aromatic heterocycles. The van der Waals surface area contributed by atoms with Crippen LogP contribution in [0.3, 0.4) is 0 Å². The molecule has 4 rings (SSSR count). The maximum absolute atomic E-state index is 13.6. The fourth-order valence-corrected chi connectivity index (χ4v) is 3.55. The molecule has 33 heavy (non-hydrogen) atoms. The molecule has 8 nitrogen and oxygen atoms in total. The highest BCUT2D eigenvalue weighted by molar-refractivity contribution is 6.34. The van der Waals surface area contributed by atoms with Crippen LogP contribution in [-0.2, 0) is 4.79 Å². The van der Waals surface area contributed by atoms with Gasteiger partial charge in [0.2, 0.25) is 5.91 Å². The van der Waals surface area contributed by atoms with E-state index in [1.165, 1.54) is 11.8 Å². The normalized spacial score (nSPS) is 11.6. The number of amides is 1. The lowest BCUT2D eigenvalue weighted by molar-refractivity contribution is -0.668. The number of aryl methyl sites for hydroxylation is 1. The number of hydrogen-bond donors (Lipinski definition) is 2. The zero-order chi connectivity index (χ0) is 23.4. The van der Waals surface area contributed by atoms with E-state index in [0.717, 1.165) is 5.56 Å². The summed E-state index contributed by atoms with van der Waals surface area (Å²) in [4.78, 5) is 27.1. The van der Waals surface area contributed by atoms with Crippen LogP contribution in [0.15, 0.2) is 72.8 Å². The van der Waals surface area contributed by atoms with Crippen molar-refractivity contribution in [3.63, 3.8) is 0 Å². The number of methoxy groups -OCH3 is 1. The summed E-state index contributed by atoms with van der Waals surface area (Å²) < 4.78 is 6.68. The Labute approximate surface area is 195 Å². The van der Waals surface area contributed by atoms with E-state index >= 15 is 0 Å². The van der Waals surface area contributed by atoms with E-state index in [4.69, 9.17) is 16.3 Å². The Morgan fingerprint density at radius 3 is 2.48 bits per heavy atom. The van der Waals surface area contributed by atoms with Gasteiger partial charge in [0.1, 0.15) is 16.5 Å². The number of rotatable bonds is 7. The van der Waals surface area contributed by atoms with Crippen molar-refractivity contribution in [1.82, 2.24) is 15.5 Å². The molecular formula is C24H21ClN5O3+. The molecule has 2 N–H and O–H groups in total. The molecule has 166 valence electrons. The molecule has 4 aromatic rings. The Kier molecular flexibility index (Phi) is 6.46. The quantitative estimate of drug-likeness (QED) is 0.248. The van der Waals surface area contributed by atoms with Gasteiger partial charge in [-0.25, -0.2) is 0 Å². The van der Waals surface area contributed by atoms with Gasteiger partial charge in [0, 0.05) is 5.56 Å². The topological polar surface area (TPSA) is 101 Å². The summed E-state index contributed by atoms with van der Waals surface area (Å²) in [5, 5.41) is 13.8. The first kappa shape index (κ1) is 22.2. The number of aromatic amines is 1. The van der Waals surface area contributed by atoms with Crippen molar-refractivity contribution in [2.24, 2.45) is 0 Å². The van der Waals surface area contributed by atoms with Gasteiger partial charge >= 0.3 is 5.82 Å². The van der Waals surface area contributed by atoms with Crippen LogP contribution in [0.2, 0.25) is 5.02 Å². The molecule has 3 aromatic carbocycles. The molecule has 9 heteroatoms. The molecule has 0 saturated heterocycles.